The second kappa shape index (κ2) is 8.09. The Hall–Kier alpha value is -2.67. The average Bonchev–Trinajstić information content (AvgIpc) is 2.46. The Balaban J connectivity index is 2.11. The Kier molecular flexibility index (Phi) is 5.87. The van der Waals surface area contributed by atoms with Crippen molar-refractivity contribution in [2.45, 2.75) is 13.8 Å². The first-order chi connectivity index (χ1) is 11.1. The van der Waals surface area contributed by atoms with Gasteiger partial charge in [0.25, 0.3) is 0 Å². The molecular formula is C16H21N5O2. The van der Waals surface area contributed by atoms with E-state index in [1.807, 2.05) is 37.3 Å². The summed E-state index contributed by atoms with van der Waals surface area (Å²) >= 11 is 0. The Morgan fingerprint density at radius 3 is 2.74 bits per heavy atom. The molecule has 0 radical (unpaired) electrons. The molecule has 7 nitrogen and oxygen atoms in total. The zero-order chi connectivity index (χ0) is 16.7. The SMILES string of the molecule is COCCNc1cc(C)nc(Nc2cccc(NC(C)=O)c2)n1. The predicted octanol–water partition coefficient (Wildman–Crippen LogP) is 2.55. The van der Waals surface area contributed by atoms with Crippen molar-refractivity contribution in [2.75, 3.05) is 36.2 Å². The smallest absolute Gasteiger partial charge is 0.229 e. The van der Waals surface area contributed by atoms with E-state index in [9.17, 15) is 4.79 Å². The van der Waals surface area contributed by atoms with Gasteiger partial charge in [-0.05, 0) is 25.1 Å². The van der Waals surface area contributed by atoms with Gasteiger partial charge in [-0.25, -0.2) is 4.98 Å². The van der Waals surface area contributed by atoms with Gasteiger partial charge in [-0.2, -0.15) is 4.98 Å². The number of nitrogens with one attached hydrogen (secondary N) is 3. The number of hydrogen-bond donors (Lipinski definition) is 3. The van der Waals surface area contributed by atoms with Crippen molar-refractivity contribution in [3.8, 4) is 0 Å². The summed E-state index contributed by atoms with van der Waals surface area (Å²) in [6, 6.07) is 9.25. The van der Waals surface area contributed by atoms with Crippen LogP contribution in [0.1, 0.15) is 12.6 Å². The van der Waals surface area contributed by atoms with Gasteiger partial charge in [0.2, 0.25) is 11.9 Å². The minimum absolute atomic E-state index is 0.112. The number of nitrogens with zero attached hydrogens (tertiary/aromatic N) is 2. The molecule has 0 aliphatic carbocycles. The quantitative estimate of drug-likeness (QED) is 0.681. The summed E-state index contributed by atoms with van der Waals surface area (Å²) in [5.74, 6) is 1.11. The van der Waals surface area contributed by atoms with Gasteiger partial charge in [-0.15, -0.1) is 0 Å². The van der Waals surface area contributed by atoms with Gasteiger partial charge in [0.05, 0.1) is 6.61 Å². The van der Waals surface area contributed by atoms with Gasteiger partial charge < -0.3 is 20.7 Å². The lowest BCUT2D eigenvalue weighted by molar-refractivity contribution is -0.114. The molecule has 1 aromatic carbocycles. The lowest BCUT2D eigenvalue weighted by Gasteiger charge is -2.10. The van der Waals surface area contributed by atoms with Crippen LogP contribution in [0.25, 0.3) is 0 Å². The van der Waals surface area contributed by atoms with Crippen LogP contribution in [0.4, 0.5) is 23.1 Å². The summed E-state index contributed by atoms with van der Waals surface area (Å²) in [6.45, 7) is 4.65. The first kappa shape index (κ1) is 16.7. The molecule has 0 aliphatic heterocycles. The van der Waals surface area contributed by atoms with Crippen molar-refractivity contribution in [3.63, 3.8) is 0 Å². The monoisotopic (exact) mass is 315 g/mol. The minimum atomic E-state index is -0.112. The third-order valence-corrected chi connectivity index (χ3v) is 2.91. The van der Waals surface area contributed by atoms with E-state index >= 15 is 0 Å². The molecular weight excluding hydrogens is 294 g/mol. The number of amides is 1. The van der Waals surface area contributed by atoms with Crippen LogP contribution in [0.3, 0.4) is 0 Å². The second-order valence-corrected chi connectivity index (χ2v) is 5.02. The molecule has 1 aromatic heterocycles. The Bertz CT molecular complexity index is 675. The second-order valence-electron chi connectivity index (χ2n) is 5.02. The molecule has 0 bridgehead atoms. The number of carbonyl (C=O) groups is 1. The number of ether oxygens (including phenoxy) is 1. The van der Waals surface area contributed by atoms with Crippen LogP contribution in [0.15, 0.2) is 30.3 Å². The van der Waals surface area contributed by atoms with Crippen molar-refractivity contribution in [2.24, 2.45) is 0 Å². The lowest BCUT2D eigenvalue weighted by Crippen LogP contribution is -2.10. The summed E-state index contributed by atoms with van der Waals surface area (Å²) in [4.78, 5) is 19.9. The fraction of sp³-hybridized carbons (Fsp3) is 0.312. The molecule has 0 saturated carbocycles. The molecule has 0 unspecified atom stereocenters. The molecule has 2 rings (SSSR count). The molecule has 1 heterocycles. The van der Waals surface area contributed by atoms with E-state index in [1.54, 1.807) is 7.11 Å². The number of hydrogen-bond acceptors (Lipinski definition) is 6. The lowest BCUT2D eigenvalue weighted by atomic mass is 10.2. The van der Waals surface area contributed by atoms with Crippen molar-refractivity contribution >= 4 is 29.0 Å². The van der Waals surface area contributed by atoms with Gasteiger partial charge in [-0.3, -0.25) is 4.79 Å². The number of rotatable bonds is 7. The molecule has 0 spiro atoms. The Morgan fingerprint density at radius 2 is 2.00 bits per heavy atom. The van der Waals surface area contributed by atoms with Gasteiger partial charge in [0.15, 0.2) is 0 Å². The van der Waals surface area contributed by atoms with E-state index in [0.717, 1.165) is 17.2 Å². The average molecular weight is 315 g/mol. The van der Waals surface area contributed by atoms with E-state index in [2.05, 4.69) is 25.9 Å². The molecule has 3 N–H and O–H groups in total. The van der Waals surface area contributed by atoms with E-state index in [4.69, 9.17) is 4.74 Å². The van der Waals surface area contributed by atoms with E-state index < -0.39 is 0 Å². The Morgan fingerprint density at radius 1 is 1.22 bits per heavy atom. The molecule has 0 atom stereocenters. The molecule has 1 amide bonds. The maximum Gasteiger partial charge on any atom is 0.229 e. The highest BCUT2D eigenvalue weighted by molar-refractivity contribution is 5.89. The van der Waals surface area contributed by atoms with E-state index in [0.29, 0.717) is 24.8 Å². The van der Waals surface area contributed by atoms with Gasteiger partial charge in [-0.1, -0.05) is 6.07 Å². The fourth-order valence-corrected chi connectivity index (χ4v) is 2.00. The van der Waals surface area contributed by atoms with Gasteiger partial charge in [0.1, 0.15) is 5.82 Å². The van der Waals surface area contributed by atoms with E-state index in [-0.39, 0.29) is 5.91 Å². The number of aromatic nitrogens is 2. The molecule has 0 saturated heterocycles. The standard InChI is InChI=1S/C16H21N5O2/c1-11-9-15(17-7-8-23-3)21-16(18-11)20-14-6-4-5-13(10-14)19-12(2)22/h4-6,9-10H,7-8H2,1-3H3,(H,19,22)(H2,17,18,20,21). The largest absolute Gasteiger partial charge is 0.383 e. The van der Waals surface area contributed by atoms with Crippen LogP contribution in [0.2, 0.25) is 0 Å². The molecule has 7 heteroatoms. The predicted molar refractivity (Wildman–Crippen MR) is 91.2 cm³/mol. The third kappa shape index (κ3) is 5.55. The van der Waals surface area contributed by atoms with Gasteiger partial charge >= 0.3 is 0 Å². The maximum absolute atomic E-state index is 11.1. The summed E-state index contributed by atoms with van der Waals surface area (Å²) in [7, 11) is 1.65. The highest BCUT2D eigenvalue weighted by atomic mass is 16.5. The minimum Gasteiger partial charge on any atom is -0.383 e. The molecule has 122 valence electrons. The van der Waals surface area contributed by atoms with Crippen LogP contribution >= 0.6 is 0 Å². The number of aryl methyl sites for hydroxylation is 1. The molecule has 0 aliphatic rings. The van der Waals surface area contributed by atoms with Crippen LogP contribution in [0.5, 0.6) is 0 Å². The summed E-state index contributed by atoms with van der Waals surface area (Å²) in [6.07, 6.45) is 0. The molecule has 0 fully saturated rings. The van der Waals surface area contributed by atoms with Crippen molar-refractivity contribution < 1.29 is 9.53 Å². The van der Waals surface area contributed by atoms with Crippen LogP contribution in [0, 0.1) is 6.92 Å². The first-order valence-corrected chi connectivity index (χ1v) is 7.30. The van der Waals surface area contributed by atoms with Crippen molar-refractivity contribution in [1.82, 2.24) is 9.97 Å². The highest BCUT2D eigenvalue weighted by Crippen LogP contribution is 2.19. The number of carbonyl (C=O) groups excluding carboxylic acids is 1. The zero-order valence-electron chi connectivity index (χ0n) is 13.5. The van der Waals surface area contributed by atoms with Crippen LogP contribution in [-0.2, 0) is 9.53 Å². The first-order valence-electron chi connectivity index (χ1n) is 7.30. The summed E-state index contributed by atoms with van der Waals surface area (Å²) in [5.41, 5.74) is 2.36. The molecule has 2 aromatic rings. The van der Waals surface area contributed by atoms with Crippen LogP contribution in [-0.4, -0.2) is 36.1 Å². The van der Waals surface area contributed by atoms with Crippen molar-refractivity contribution in [1.29, 1.82) is 0 Å². The van der Waals surface area contributed by atoms with E-state index in [1.165, 1.54) is 6.92 Å². The Labute approximate surface area is 135 Å². The number of benzene rings is 1. The number of anilines is 4. The maximum atomic E-state index is 11.1. The van der Waals surface area contributed by atoms with Crippen LogP contribution < -0.4 is 16.0 Å². The number of methoxy groups -OCH3 is 1. The summed E-state index contributed by atoms with van der Waals surface area (Å²) < 4.78 is 5.01. The van der Waals surface area contributed by atoms with Gasteiger partial charge in [0, 0.05) is 43.7 Å². The van der Waals surface area contributed by atoms with Crippen molar-refractivity contribution in [3.05, 3.63) is 36.0 Å². The summed E-state index contributed by atoms with van der Waals surface area (Å²) in [5, 5.41) is 9.06. The molecule has 23 heavy (non-hydrogen) atoms. The topological polar surface area (TPSA) is 88.2 Å². The highest BCUT2D eigenvalue weighted by Gasteiger charge is 2.04. The normalized spacial score (nSPS) is 10.2. The third-order valence-electron chi connectivity index (χ3n) is 2.91. The zero-order valence-corrected chi connectivity index (χ0v) is 13.5. The fourth-order valence-electron chi connectivity index (χ4n) is 2.00.